The maximum absolute atomic E-state index is 14.6. The number of ketones is 2. The second-order valence-electron chi connectivity index (χ2n) is 18.4. The number of hydrogen-bond acceptors (Lipinski definition) is 12. The Hall–Kier alpha value is -3.46. The number of hydrogen-bond donors (Lipinski definition) is 3. The zero-order valence-corrected chi connectivity index (χ0v) is 37.5. The number of carbonyl (C=O) groups excluding carboxylic acids is 4. The van der Waals surface area contributed by atoms with Gasteiger partial charge in [0.05, 0.1) is 24.4 Å². The van der Waals surface area contributed by atoms with Crippen LogP contribution >= 0.6 is 0 Å². The molecule has 13 nitrogen and oxygen atoms in total. The van der Waals surface area contributed by atoms with Gasteiger partial charge in [-0.2, -0.15) is 0 Å². The van der Waals surface area contributed by atoms with Crippen LogP contribution in [-0.2, 0) is 38.1 Å². The van der Waals surface area contributed by atoms with Crippen molar-refractivity contribution >= 4 is 23.4 Å². The minimum atomic E-state index is -2.52. The van der Waals surface area contributed by atoms with Gasteiger partial charge < -0.3 is 43.9 Å². The van der Waals surface area contributed by atoms with Crippen molar-refractivity contribution in [3.05, 3.63) is 53.6 Å². The van der Waals surface area contributed by atoms with Crippen LogP contribution in [0.2, 0.25) is 0 Å². The summed E-state index contributed by atoms with van der Waals surface area (Å²) in [7, 11) is 3.06. The number of cyclic esters (lactones) is 1. The topological polar surface area (TPSA) is 178 Å². The number of ether oxygens (including phenoxy) is 5. The number of para-hydroxylation sites is 1. The highest BCUT2D eigenvalue weighted by Gasteiger charge is 2.57. The third-order valence-electron chi connectivity index (χ3n) is 13.7. The van der Waals surface area contributed by atoms with Crippen molar-refractivity contribution in [2.45, 2.75) is 179 Å². The number of amides is 1. The smallest absolute Gasteiger partial charge is 0.329 e. The van der Waals surface area contributed by atoms with Crippen LogP contribution in [0.5, 0.6) is 5.75 Å². The number of aliphatic hydroxyl groups is 3. The van der Waals surface area contributed by atoms with Crippen LogP contribution in [0.3, 0.4) is 0 Å². The summed E-state index contributed by atoms with van der Waals surface area (Å²) < 4.78 is 30.5. The summed E-state index contributed by atoms with van der Waals surface area (Å²) in [5, 5.41) is 34.9. The lowest BCUT2D eigenvalue weighted by atomic mass is 9.82. The van der Waals surface area contributed by atoms with Crippen LogP contribution in [-0.4, -0.2) is 118 Å². The number of fused-ring (bicyclic) bond motifs is 3. The van der Waals surface area contributed by atoms with Crippen molar-refractivity contribution in [3.63, 3.8) is 0 Å². The number of Topliss-reactive ketones (excluding diaryl/α,β-unsaturated/α-hetero) is 2. The molecule has 14 atom stereocenters. The van der Waals surface area contributed by atoms with Crippen molar-refractivity contribution in [2.75, 3.05) is 14.2 Å². The SMILES string of the molecule is CCC1CCCC2C(=O)OC(C(C)=CC3CCC(Oc4ccccc4)C(O)C3)C(C)C(O)CC(=O)C/C=C(\C)CC(C)CC(OC)C3OC(O)(C(=O)C(=O)N12)C(C)CC3OC. The van der Waals surface area contributed by atoms with Gasteiger partial charge in [-0.3, -0.25) is 14.4 Å². The van der Waals surface area contributed by atoms with Gasteiger partial charge in [0.1, 0.15) is 35.9 Å². The molecule has 3 heterocycles. The van der Waals surface area contributed by atoms with Crippen LogP contribution in [0.4, 0.5) is 0 Å². The number of benzene rings is 1. The molecule has 61 heavy (non-hydrogen) atoms. The van der Waals surface area contributed by atoms with Gasteiger partial charge in [-0.25, -0.2) is 4.79 Å². The van der Waals surface area contributed by atoms with E-state index < -0.39 is 84.0 Å². The van der Waals surface area contributed by atoms with Gasteiger partial charge in [0.15, 0.2) is 0 Å². The Labute approximate surface area is 362 Å². The Balaban J connectivity index is 1.49. The first-order valence-electron chi connectivity index (χ1n) is 22.5. The number of piperidine rings is 1. The number of aliphatic hydroxyl groups excluding tert-OH is 2. The molecule has 0 spiro atoms. The fourth-order valence-corrected chi connectivity index (χ4v) is 10.0. The highest BCUT2D eigenvalue weighted by molar-refractivity contribution is 6.39. The summed E-state index contributed by atoms with van der Waals surface area (Å²) in [6.45, 7) is 11.1. The summed E-state index contributed by atoms with van der Waals surface area (Å²) >= 11 is 0. The molecule has 1 aromatic rings. The molecular formula is C48H71NO12. The molecule has 340 valence electrons. The third-order valence-corrected chi connectivity index (χ3v) is 13.7. The number of esters is 1. The minimum absolute atomic E-state index is 0.0348. The van der Waals surface area contributed by atoms with E-state index in [-0.39, 0.29) is 49.4 Å². The first-order chi connectivity index (χ1) is 29.0. The lowest BCUT2D eigenvalue weighted by Gasteiger charge is -2.47. The maximum Gasteiger partial charge on any atom is 0.329 e. The van der Waals surface area contributed by atoms with Gasteiger partial charge in [0, 0.05) is 44.9 Å². The Morgan fingerprint density at radius 1 is 0.902 bits per heavy atom. The molecule has 4 aliphatic rings. The second-order valence-corrected chi connectivity index (χ2v) is 18.4. The molecular weight excluding hydrogens is 783 g/mol. The molecule has 1 aromatic carbocycles. The van der Waals surface area contributed by atoms with Crippen molar-refractivity contribution in [3.8, 4) is 5.75 Å². The number of nitrogens with zero attached hydrogens (tertiary/aromatic N) is 1. The average molecular weight is 854 g/mol. The predicted molar refractivity (Wildman–Crippen MR) is 228 cm³/mol. The van der Waals surface area contributed by atoms with Crippen molar-refractivity contribution < 1.29 is 58.2 Å². The lowest BCUT2D eigenvalue weighted by Crippen LogP contribution is -2.65. The number of carbonyl (C=O) groups is 4. The molecule has 3 fully saturated rings. The zero-order chi connectivity index (χ0) is 44.6. The fraction of sp³-hybridized carbons (Fsp3) is 0.708. The summed E-state index contributed by atoms with van der Waals surface area (Å²) in [6, 6.07) is 7.70. The van der Waals surface area contributed by atoms with Gasteiger partial charge in [-0.1, -0.05) is 63.6 Å². The van der Waals surface area contributed by atoms with Crippen LogP contribution in [0.25, 0.3) is 0 Å². The average Bonchev–Trinajstić information content (AvgIpc) is 3.24. The lowest BCUT2D eigenvalue weighted by molar-refractivity contribution is -0.302. The zero-order valence-electron chi connectivity index (χ0n) is 37.5. The van der Waals surface area contributed by atoms with Crippen molar-refractivity contribution in [2.24, 2.45) is 23.7 Å². The van der Waals surface area contributed by atoms with Gasteiger partial charge in [0.25, 0.3) is 11.7 Å². The molecule has 3 aliphatic heterocycles. The molecule has 1 amide bonds. The second kappa shape index (κ2) is 21.8. The molecule has 2 bridgehead atoms. The van der Waals surface area contributed by atoms with Crippen LogP contribution < -0.4 is 4.74 Å². The molecule has 0 radical (unpaired) electrons. The molecule has 0 aromatic heterocycles. The predicted octanol–water partition coefficient (Wildman–Crippen LogP) is 6.05. The van der Waals surface area contributed by atoms with Crippen molar-refractivity contribution in [1.82, 2.24) is 4.90 Å². The first kappa shape index (κ1) is 48.6. The van der Waals surface area contributed by atoms with E-state index in [4.69, 9.17) is 23.7 Å². The van der Waals surface area contributed by atoms with Crippen LogP contribution in [0.1, 0.15) is 119 Å². The standard InChI is InChI=1S/C48H71NO12/c1-9-34-14-13-17-37-47(55)60-43(30(4)24-33-19-21-40(39(52)26-33)59-36-15-11-10-12-16-36)32(6)38(51)27-35(50)20-18-28(2)22-29(3)23-41(57-7)44-42(58-8)25-31(5)48(56,61-44)45(53)46(54)49(34)37/h10-12,15-16,18,24,29,31-34,37-44,51-52,56H,9,13-14,17,19-23,25-27H2,1-8H3/b28-18+,30-24?. The van der Waals surface area contributed by atoms with Gasteiger partial charge in [-0.15, -0.1) is 0 Å². The van der Waals surface area contributed by atoms with E-state index in [1.54, 1.807) is 13.8 Å². The van der Waals surface area contributed by atoms with E-state index >= 15 is 0 Å². The maximum atomic E-state index is 14.6. The van der Waals surface area contributed by atoms with E-state index in [2.05, 4.69) is 0 Å². The monoisotopic (exact) mass is 853 g/mol. The molecule has 3 N–H and O–H groups in total. The van der Waals surface area contributed by atoms with E-state index in [9.17, 15) is 34.5 Å². The van der Waals surface area contributed by atoms with E-state index in [0.717, 1.165) is 5.57 Å². The quantitative estimate of drug-likeness (QED) is 0.165. The van der Waals surface area contributed by atoms with Gasteiger partial charge in [-0.05, 0) is 108 Å². The molecule has 13 heteroatoms. The molecule has 2 saturated heterocycles. The molecule has 14 unspecified atom stereocenters. The highest BCUT2D eigenvalue weighted by atomic mass is 16.7. The third kappa shape index (κ3) is 11.8. The Morgan fingerprint density at radius 2 is 1.59 bits per heavy atom. The summed E-state index contributed by atoms with van der Waals surface area (Å²) in [5.74, 6) is -6.58. The Bertz CT molecular complexity index is 1710. The van der Waals surface area contributed by atoms with E-state index in [1.807, 2.05) is 70.2 Å². The molecule has 5 rings (SSSR count). The Kier molecular flexibility index (Phi) is 17.3. The van der Waals surface area contributed by atoms with Crippen LogP contribution in [0.15, 0.2) is 53.6 Å². The van der Waals surface area contributed by atoms with Crippen molar-refractivity contribution in [1.29, 1.82) is 0 Å². The number of rotatable bonds is 7. The largest absolute Gasteiger partial charge is 0.488 e. The fourth-order valence-electron chi connectivity index (χ4n) is 10.0. The highest BCUT2D eigenvalue weighted by Crippen LogP contribution is 2.40. The van der Waals surface area contributed by atoms with E-state index in [0.29, 0.717) is 62.7 Å². The van der Waals surface area contributed by atoms with Gasteiger partial charge in [0.2, 0.25) is 5.79 Å². The van der Waals surface area contributed by atoms with E-state index in [1.165, 1.54) is 19.1 Å². The molecule has 1 saturated carbocycles. The summed E-state index contributed by atoms with van der Waals surface area (Å²) in [5.41, 5.74) is 1.61. The number of methoxy groups -OCH3 is 2. The first-order valence-corrected chi connectivity index (χ1v) is 22.5. The van der Waals surface area contributed by atoms with Gasteiger partial charge >= 0.3 is 5.97 Å². The van der Waals surface area contributed by atoms with Crippen LogP contribution in [0, 0.1) is 23.7 Å². The molecule has 1 aliphatic carbocycles. The summed E-state index contributed by atoms with van der Waals surface area (Å²) in [6.07, 6.45) is 3.20. The normalized spacial score (nSPS) is 39.0. The summed E-state index contributed by atoms with van der Waals surface area (Å²) in [4.78, 5) is 58.3. The Morgan fingerprint density at radius 3 is 2.25 bits per heavy atom. The minimum Gasteiger partial charge on any atom is -0.488 e. The number of allylic oxidation sites excluding steroid dienone is 3.